The molecule has 0 bridgehead atoms. The molecule has 0 saturated heterocycles. The molecule has 0 radical (unpaired) electrons. The summed E-state index contributed by atoms with van der Waals surface area (Å²) < 4.78 is 1.84. The number of halogens is 1. The fourth-order valence-corrected chi connectivity index (χ4v) is 2.45. The van der Waals surface area contributed by atoms with Crippen LogP contribution in [0.3, 0.4) is 0 Å². The molecule has 2 rings (SSSR count). The van der Waals surface area contributed by atoms with Gasteiger partial charge in [-0.2, -0.15) is 0 Å². The van der Waals surface area contributed by atoms with Crippen LogP contribution in [-0.2, 0) is 6.54 Å². The van der Waals surface area contributed by atoms with Crippen LogP contribution in [0.25, 0.3) is 10.9 Å². The molecule has 2 aromatic rings. The number of hydrogen-bond donors (Lipinski definition) is 2. The largest absolute Gasteiger partial charge is 0.504 e. The zero-order valence-corrected chi connectivity index (χ0v) is 11.8. The smallest absolute Gasteiger partial charge is 0.194 e. The van der Waals surface area contributed by atoms with Crippen molar-refractivity contribution in [2.45, 2.75) is 33.2 Å². The number of pyridine rings is 1. The number of aryl methyl sites for hydroxylation is 1. The number of phenolic OH excluding ortho intramolecular Hbond substituents is 2. The average molecular weight is 282 g/mol. The Kier molecular flexibility index (Phi) is 3.45. The van der Waals surface area contributed by atoms with Crippen LogP contribution < -0.4 is 5.43 Å². The van der Waals surface area contributed by atoms with Crippen LogP contribution in [-0.4, -0.2) is 14.8 Å². The predicted molar refractivity (Wildman–Crippen MR) is 76.3 cm³/mol. The lowest BCUT2D eigenvalue weighted by atomic mass is 10.0. The van der Waals surface area contributed by atoms with E-state index in [2.05, 4.69) is 0 Å². The fraction of sp³-hybridized carbons (Fsp3) is 0.357. The molecule has 1 aromatic heterocycles. The van der Waals surface area contributed by atoms with Gasteiger partial charge in [0.2, 0.25) is 0 Å². The normalized spacial score (nSPS) is 11.4. The van der Waals surface area contributed by atoms with Crippen molar-refractivity contribution in [1.29, 1.82) is 0 Å². The van der Waals surface area contributed by atoms with Gasteiger partial charge in [-0.3, -0.25) is 4.79 Å². The van der Waals surface area contributed by atoms with Crippen LogP contribution in [0, 0.1) is 0 Å². The van der Waals surface area contributed by atoms with Crippen molar-refractivity contribution in [1.82, 2.24) is 4.57 Å². The molecule has 0 amide bonds. The van der Waals surface area contributed by atoms with E-state index in [0.29, 0.717) is 17.6 Å². The highest BCUT2D eigenvalue weighted by molar-refractivity contribution is 6.37. The number of benzene rings is 1. The van der Waals surface area contributed by atoms with Crippen molar-refractivity contribution in [2.24, 2.45) is 0 Å². The van der Waals surface area contributed by atoms with E-state index >= 15 is 0 Å². The summed E-state index contributed by atoms with van der Waals surface area (Å²) in [5, 5.41) is 19.5. The Balaban J connectivity index is 3.05. The van der Waals surface area contributed by atoms with E-state index in [0.717, 1.165) is 0 Å². The molecule has 0 spiro atoms. The molecular formula is C14H16ClNO3. The zero-order chi connectivity index (χ0) is 14.3. The number of phenols is 2. The molecule has 0 aliphatic carbocycles. The minimum Gasteiger partial charge on any atom is -0.504 e. The van der Waals surface area contributed by atoms with Gasteiger partial charge in [0.15, 0.2) is 16.9 Å². The summed E-state index contributed by atoms with van der Waals surface area (Å²) in [4.78, 5) is 12.4. The highest BCUT2D eigenvalue weighted by Gasteiger charge is 2.18. The molecule has 5 heteroatoms. The van der Waals surface area contributed by atoms with E-state index in [9.17, 15) is 15.0 Å². The number of hydrogen-bond acceptors (Lipinski definition) is 3. The van der Waals surface area contributed by atoms with Gasteiger partial charge in [0.25, 0.3) is 0 Å². The summed E-state index contributed by atoms with van der Waals surface area (Å²) in [7, 11) is 0. The van der Waals surface area contributed by atoms with Gasteiger partial charge in [-0.15, -0.1) is 0 Å². The summed E-state index contributed by atoms with van der Waals surface area (Å²) in [6.07, 6.45) is 1.78. The maximum atomic E-state index is 12.4. The Morgan fingerprint density at radius 2 is 2.00 bits per heavy atom. The Labute approximate surface area is 115 Å². The van der Waals surface area contributed by atoms with E-state index in [1.807, 2.05) is 25.3 Å². The van der Waals surface area contributed by atoms with Gasteiger partial charge in [-0.05, 0) is 12.8 Å². The van der Waals surface area contributed by atoms with Crippen molar-refractivity contribution in [2.75, 3.05) is 0 Å². The molecule has 4 nitrogen and oxygen atoms in total. The highest BCUT2D eigenvalue weighted by atomic mass is 35.5. The highest BCUT2D eigenvalue weighted by Crippen LogP contribution is 2.38. The van der Waals surface area contributed by atoms with E-state index in [1.165, 1.54) is 6.07 Å². The maximum absolute atomic E-state index is 12.4. The second-order valence-electron chi connectivity index (χ2n) is 4.81. The van der Waals surface area contributed by atoms with E-state index in [-0.39, 0.29) is 27.5 Å². The molecular weight excluding hydrogens is 266 g/mol. The van der Waals surface area contributed by atoms with Crippen molar-refractivity contribution in [3.8, 4) is 11.5 Å². The summed E-state index contributed by atoms with van der Waals surface area (Å²) in [5.74, 6) is -0.715. The summed E-state index contributed by atoms with van der Waals surface area (Å²) >= 11 is 6.02. The van der Waals surface area contributed by atoms with Crippen LogP contribution in [0.2, 0.25) is 5.02 Å². The quantitative estimate of drug-likeness (QED) is 0.831. The van der Waals surface area contributed by atoms with Crippen LogP contribution >= 0.6 is 11.6 Å². The van der Waals surface area contributed by atoms with E-state index < -0.39 is 5.75 Å². The molecule has 0 aliphatic heterocycles. The van der Waals surface area contributed by atoms with Gasteiger partial charge in [0.05, 0.1) is 15.9 Å². The first-order chi connectivity index (χ1) is 8.88. The molecule has 1 aromatic carbocycles. The van der Waals surface area contributed by atoms with E-state index in [1.54, 1.807) is 6.20 Å². The number of nitrogens with zero attached hydrogens (tertiary/aromatic N) is 1. The molecule has 0 saturated carbocycles. The van der Waals surface area contributed by atoms with Gasteiger partial charge < -0.3 is 14.8 Å². The van der Waals surface area contributed by atoms with Crippen molar-refractivity contribution < 1.29 is 10.2 Å². The summed E-state index contributed by atoms with van der Waals surface area (Å²) in [5.41, 5.74) is 0.966. The minimum absolute atomic E-state index is 0.0571. The average Bonchev–Trinajstić information content (AvgIpc) is 2.35. The van der Waals surface area contributed by atoms with Crippen molar-refractivity contribution in [3.05, 3.63) is 33.1 Å². The first-order valence-electron chi connectivity index (χ1n) is 6.15. The van der Waals surface area contributed by atoms with Gasteiger partial charge >= 0.3 is 0 Å². The maximum Gasteiger partial charge on any atom is 0.194 e. The topological polar surface area (TPSA) is 62.5 Å². The third-order valence-corrected chi connectivity index (χ3v) is 3.62. The van der Waals surface area contributed by atoms with E-state index in [4.69, 9.17) is 11.6 Å². The Hall–Kier alpha value is -1.68. The number of aromatic hydroxyl groups is 2. The molecule has 2 N–H and O–H groups in total. The Bertz CT molecular complexity index is 704. The number of aromatic nitrogens is 1. The second-order valence-corrected chi connectivity index (χ2v) is 5.18. The minimum atomic E-state index is -0.449. The van der Waals surface area contributed by atoms with Gasteiger partial charge in [0.1, 0.15) is 0 Å². The first-order valence-corrected chi connectivity index (χ1v) is 6.53. The third kappa shape index (κ3) is 2.06. The first kappa shape index (κ1) is 13.7. The molecule has 0 atom stereocenters. The number of fused-ring (bicyclic) bond motifs is 1. The zero-order valence-electron chi connectivity index (χ0n) is 11.1. The fourth-order valence-electron chi connectivity index (χ4n) is 2.17. The number of rotatable bonds is 2. The van der Waals surface area contributed by atoms with Crippen LogP contribution in [0.1, 0.15) is 32.3 Å². The van der Waals surface area contributed by atoms with Gasteiger partial charge in [0, 0.05) is 24.4 Å². The monoisotopic (exact) mass is 281 g/mol. The van der Waals surface area contributed by atoms with Crippen LogP contribution in [0.5, 0.6) is 11.5 Å². The second kappa shape index (κ2) is 4.78. The van der Waals surface area contributed by atoms with Crippen molar-refractivity contribution >= 4 is 22.5 Å². The standard InChI is InChI=1S/C14H16ClNO3/c1-4-16-6-8(7(2)3)13(18)11-9(16)5-10(17)14(19)12(11)15/h5-7,17,19H,4H2,1-3H3. The summed E-state index contributed by atoms with van der Waals surface area (Å²) in [6, 6.07) is 1.37. The lowest BCUT2D eigenvalue weighted by Gasteiger charge is -2.15. The van der Waals surface area contributed by atoms with Crippen molar-refractivity contribution in [3.63, 3.8) is 0 Å². The van der Waals surface area contributed by atoms with Gasteiger partial charge in [-0.25, -0.2) is 0 Å². The van der Waals surface area contributed by atoms with Crippen LogP contribution in [0.15, 0.2) is 17.1 Å². The predicted octanol–water partition coefficient (Wildman–Crippen LogP) is 3.21. The molecule has 1 heterocycles. The van der Waals surface area contributed by atoms with Gasteiger partial charge in [-0.1, -0.05) is 25.4 Å². The summed E-state index contributed by atoms with van der Waals surface area (Å²) in [6.45, 7) is 6.43. The molecule has 102 valence electrons. The Morgan fingerprint density at radius 1 is 1.37 bits per heavy atom. The molecule has 0 unspecified atom stereocenters. The Morgan fingerprint density at radius 3 is 2.53 bits per heavy atom. The third-order valence-electron chi connectivity index (χ3n) is 3.26. The lowest BCUT2D eigenvalue weighted by Crippen LogP contribution is -2.16. The molecule has 0 fully saturated rings. The SMILES string of the molecule is CCn1cc(C(C)C)c(=O)c2c(Cl)c(O)c(O)cc21. The molecule has 19 heavy (non-hydrogen) atoms. The lowest BCUT2D eigenvalue weighted by molar-refractivity contribution is 0.404. The van der Waals surface area contributed by atoms with Crippen LogP contribution in [0.4, 0.5) is 0 Å². The molecule has 0 aliphatic rings.